The minimum Gasteiger partial charge on any atom is -0.381 e. The monoisotopic (exact) mass is 407 g/mol. The lowest BCUT2D eigenvalue weighted by Gasteiger charge is -2.33. The average molecular weight is 407 g/mol. The molecular formula is C16H30IN3O. The highest BCUT2D eigenvalue weighted by molar-refractivity contribution is 14.0. The molecule has 2 heterocycles. The molecule has 2 aliphatic heterocycles. The van der Waals surface area contributed by atoms with Crippen LogP contribution in [0.2, 0.25) is 0 Å². The summed E-state index contributed by atoms with van der Waals surface area (Å²) in [6, 6.07) is 0. The zero-order valence-corrected chi connectivity index (χ0v) is 15.6. The molecular weight excluding hydrogens is 377 g/mol. The number of guanidine groups is 1. The molecule has 0 aromatic carbocycles. The first-order valence-electron chi connectivity index (χ1n) is 8.35. The lowest BCUT2D eigenvalue weighted by molar-refractivity contribution is 0.185. The zero-order chi connectivity index (χ0) is 13.8. The summed E-state index contributed by atoms with van der Waals surface area (Å²) in [5.41, 5.74) is 0.604. The lowest BCUT2D eigenvalue weighted by Crippen LogP contribution is -2.43. The quantitative estimate of drug-likeness (QED) is 0.435. The third kappa shape index (κ3) is 4.24. The van der Waals surface area contributed by atoms with Crippen molar-refractivity contribution in [1.29, 1.82) is 0 Å². The molecule has 0 aromatic rings. The summed E-state index contributed by atoms with van der Waals surface area (Å²) in [6.07, 6.45) is 9.71. The Hall–Kier alpha value is -0.0400. The van der Waals surface area contributed by atoms with Gasteiger partial charge in [-0.1, -0.05) is 19.3 Å². The van der Waals surface area contributed by atoms with Crippen LogP contribution in [0.5, 0.6) is 0 Å². The highest BCUT2D eigenvalue weighted by Crippen LogP contribution is 2.43. The summed E-state index contributed by atoms with van der Waals surface area (Å²) in [5, 5.41) is 3.57. The summed E-state index contributed by atoms with van der Waals surface area (Å²) in [6.45, 7) is 5.25. The van der Waals surface area contributed by atoms with Crippen LogP contribution >= 0.6 is 24.0 Å². The molecule has 0 radical (unpaired) electrons. The number of likely N-dealkylation sites (tertiary alicyclic amines) is 1. The van der Waals surface area contributed by atoms with E-state index in [0.717, 1.165) is 25.7 Å². The topological polar surface area (TPSA) is 36.9 Å². The van der Waals surface area contributed by atoms with Gasteiger partial charge in [0, 0.05) is 39.2 Å². The van der Waals surface area contributed by atoms with Gasteiger partial charge in [0.1, 0.15) is 0 Å². The number of nitrogens with zero attached hydrogens (tertiary/aromatic N) is 2. The van der Waals surface area contributed by atoms with E-state index in [1.54, 1.807) is 0 Å². The van der Waals surface area contributed by atoms with E-state index < -0.39 is 0 Å². The molecule has 3 fully saturated rings. The third-order valence-corrected chi connectivity index (χ3v) is 5.44. The number of ether oxygens (including phenoxy) is 1. The van der Waals surface area contributed by atoms with Gasteiger partial charge >= 0.3 is 0 Å². The summed E-state index contributed by atoms with van der Waals surface area (Å²) in [4.78, 5) is 6.99. The fourth-order valence-corrected chi connectivity index (χ4v) is 4.14. The third-order valence-electron chi connectivity index (χ3n) is 5.44. The van der Waals surface area contributed by atoms with Gasteiger partial charge in [-0.25, -0.2) is 0 Å². The number of aliphatic imine (C=N–C) groups is 1. The van der Waals surface area contributed by atoms with Crippen molar-refractivity contribution in [3.8, 4) is 0 Å². The van der Waals surface area contributed by atoms with Gasteiger partial charge in [0.15, 0.2) is 5.96 Å². The molecule has 5 heteroatoms. The van der Waals surface area contributed by atoms with Gasteiger partial charge in [-0.2, -0.15) is 0 Å². The van der Waals surface area contributed by atoms with Crippen LogP contribution in [0.1, 0.15) is 44.9 Å². The maximum atomic E-state index is 5.45. The second-order valence-electron chi connectivity index (χ2n) is 6.89. The Balaban J connectivity index is 0.00000161. The number of hydrogen-bond donors (Lipinski definition) is 1. The molecule has 3 rings (SSSR count). The van der Waals surface area contributed by atoms with E-state index in [-0.39, 0.29) is 24.0 Å². The molecule has 4 nitrogen and oxygen atoms in total. The standard InChI is InChI=1S/C16H29N3O.HI/c1-17-15(18-11-14-5-10-20-12-14)19-9-8-16(13-19)6-3-2-4-7-16;/h14H,2-13H2,1H3,(H,17,18);1H. The molecule has 1 aliphatic carbocycles. The van der Waals surface area contributed by atoms with Gasteiger partial charge in [0.05, 0.1) is 6.61 Å². The van der Waals surface area contributed by atoms with Gasteiger partial charge in [-0.05, 0) is 31.1 Å². The van der Waals surface area contributed by atoms with Crippen LogP contribution in [0.3, 0.4) is 0 Å². The van der Waals surface area contributed by atoms with Crippen LogP contribution in [0.25, 0.3) is 0 Å². The van der Waals surface area contributed by atoms with Gasteiger partial charge in [-0.3, -0.25) is 4.99 Å². The Bertz CT molecular complexity index is 349. The van der Waals surface area contributed by atoms with Crippen molar-refractivity contribution in [3.63, 3.8) is 0 Å². The van der Waals surface area contributed by atoms with Crippen LogP contribution in [-0.4, -0.2) is 50.8 Å². The average Bonchev–Trinajstić information content (AvgIpc) is 3.12. The highest BCUT2D eigenvalue weighted by Gasteiger charge is 2.39. The fourth-order valence-electron chi connectivity index (χ4n) is 4.14. The van der Waals surface area contributed by atoms with E-state index in [4.69, 9.17) is 4.74 Å². The first-order chi connectivity index (χ1) is 9.81. The Morgan fingerprint density at radius 2 is 2.10 bits per heavy atom. The Morgan fingerprint density at radius 3 is 2.76 bits per heavy atom. The molecule has 122 valence electrons. The van der Waals surface area contributed by atoms with Crippen LogP contribution in [0.4, 0.5) is 0 Å². The fraction of sp³-hybridized carbons (Fsp3) is 0.938. The normalized spacial score (nSPS) is 28.7. The predicted octanol–water partition coefficient (Wildman–Crippen LogP) is 2.87. The summed E-state index contributed by atoms with van der Waals surface area (Å²) >= 11 is 0. The minimum atomic E-state index is 0. The van der Waals surface area contributed by atoms with Crippen molar-refractivity contribution in [2.45, 2.75) is 44.9 Å². The Labute approximate surface area is 146 Å². The first-order valence-corrected chi connectivity index (χ1v) is 8.35. The number of rotatable bonds is 2. The van der Waals surface area contributed by atoms with Crippen molar-refractivity contribution >= 4 is 29.9 Å². The molecule has 1 spiro atoms. The number of hydrogen-bond acceptors (Lipinski definition) is 2. The van der Waals surface area contributed by atoms with E-state index in [1.807, 2.05) is 7.05 Å². The van der Waals surface area contributed by atoms with Crippen molar-refractivity contribution in [1.82, 2.24) is 10.2 Å². The maximum Gasteiger partial charge on any atom is 0.193 e. The molecule has 0 aromatic heterocycles. The minimum absolute atomic E-state index is 0. The number of nitrogens with one attached hydrogen (secondary N) is 1. The Morgan fingerprint density at radius 1 is 1.29 bits per heavy atom. The van der Waals surface area contributed by atoms with E-state index in [1.165, 1.54) is 58.0 Å². The molecule has 1 atom stereocenters. The molecule has 1 saturated carbocycles. The lowest BCUT2D eigenvalue weighted by atomic mass is 9.73. The highest BCUT2D eigenvalue weighted by atomic mass is 127. The largest absolute Gasteiger partial charge is 0.381 e. The molecule has 21 heavy (non-hydrogen) atoms. The van der Waals surface area contributed by atoms with Crippen LogP contribution < -0.4 is 5.32 Å². The molecule has 2 saturated heterocycles. The van der Waals surface area contributed by atoms with Gasteiger partial charge in [0.25, 0.3) is 0 Å². The van der Waals surface area contributed by atoms with Crippen molar-refractivity contribution in [2.24, 2.45) is 16.3 Å². The van der Waals surface area contributed by atoms with E-state index >= 15 is 0 Å². The zero-order valence-electron chi connectivity index (χ0n) is 13.3. The molecule has 1 N–H and O–H groups in total. The van der Waals surface area contributed by atoms with E-state index in [2.05, 4.69) is 15.2 Å². The van der Waals surface area contributed by atoms with Crippen LogP contribution in [0.15, 0.2) is 4.99 Å². The van der Waals surface area contributed by atoms with Crippen molar-refractivity contribution < 1.29 is 4.74 Å². The summed E-state index contributed by atoms with van der Waals surface area (Å²) in [5.74, 6) is 1.78. The van der Waals surface area contributed by atoms with E-state index in [0.29, 0.717) is 11.3 Å². The van der Waals surface area contributed by atoms with E-state index in [9.17, 15) is 0 Å². The molecule has 0 bridgehead atoms. The van der Waals surface area contributed by atoms with Crippen molar-refractivity contribution in [2.75, 3.05) is 39.9 Å². The predicted molar refractivity (Wildman–Crippen MR) is 97.4 cm³/mol. The SMILES string of the molecule is CN=C(NCC1CCOC1)N1CCC2(CCCCC2)C1.I. The van der Waals surface area contributed by atoms with Crippen LogP contribution in [0, 0.1) is 11.3 Å². The second-order valence-corrected chi connectivity index (χ2v) is 6.89. The molecule has 3 aliphatic rings. The van der Waals surface area contributed by atoms with Gasteiger partial charge in [0.2, 0.25) is 0 Å². The van der Waals surface area contributed by atoms with Gasteiger partial charge < -0.3 is 15.0 Å². The van der Waals surface area contributed by atoms with Crippen molar-refractivity contribution in [3.05, 3.63) is 0 Å². The first kappa shape index (κ1) is 17.3. The number of halogens is 1. The summed E-state index contributed by atoms with van der Waals surface area (Å²) in [7, 11) is 1.92. The molecule has 0 amide bonds. The Kier molecular flexibility index (Phi) is 6.59. The second kappa shape index (κ2) is 7.99. The maximum absolute atomic E-state index is 5.45. The summed E-state index contributed by atoms with van der Waals surface area (Å²) < 4.78 is 5.45. The van der Waals surface area contributed by atoms with Crippen LogP contribution in [-0.2, 0) is 4.74 Å². The molecule has 1 unspecified atom stereocenters. The smallest absolute Gasteiger partial charge is 0.193 e. The van der Waals surface area contributed by atoms with Gasteiger partial charge in [-0.15, -0.1) is 24.0 Å².